The maximum atomic E-state index is 14.1. The predicted molar refractivity (Wildman–Crippen MR) is 214 cm³/mol. The summed E-state index contributed by atoms with van der Waals surface area (Å²) in [6, 6.07) is 28.5. The van der Waals surface area contributed by atoms with E-state index in [0.29, 0.717) is 10.7 Å². The normalized spacial score (nSPS) is 17.1. The lowest BCUT2D eigenvalue weighted by Gasteiger charge is -2.49. The van der Waals surface area contributed by atoms with Crippen molar-refractivity contribution in [3.8, 4) is 0 Å². The van der Waals surface area contributed by atoms with E-state index in [2.05, 4.69) is 31.3 Å². The Morgan fingerprint density at radius 3 is 2.12 bits per heavy atom. The van der Waals surface area contributed by atoms with Crippen LogP contribution in [0.1, 0.15) is 36.2 Å². The summed E-state index contributed by atoms with van der Waals surface area (Å²) in [5.74, 6) is 2.47. The standard InChI is InChI=1S/C37H35N11O6S3/c1-36(2,33(38)53)54-44-26(29(49)41-27-30(50)47-28(32(51)52)21(18-55-31(27)47)19-57-35-43-45-46-48(35)39)25-20-56-34(40-25)42-37(22-12-6-3-7-13-22,23-14-8-4-9-15-23)24-16-10-5-11-17-24/h3-17,20,27,31H,18-19,39H2,1-2H3,(H2,38,53)(H,40,42)(H,41,49)(H,51,52)/b44-26-/t27-,31-/m1/s1. The van der Waals surface area contributed by atoms with Gasteiger partial charge in [0.1, 0.15) is 28.3 Å². The molecule has 0 unspecified atom stereocenters. The molecule has 20 heteroatoms. The Morgan fingerprint density at radius 2 is 1.60 bits per heavy atom. The molecule has 0 bridgehead atoms. The SMILES string of the molecule is CC(C)(O/N=C(\C(=O)N[C@@H]1C(=O)N2C(C(=O)O)=C(CSc3nnnn3N)CS[C@H]12)c1csc(NC(c2ccccc2)(c2ccccc2)c2ccccc2)n1)C(N)=O. The van der Waals surface area contributed by atoms with Gasteiger partial charge in [-0.1, -0.05) is 113 Å². The second kappa shape index (κ2) is 16.1. The summed E-state index contributed by atoms with van der Waals surface area (Å²) in [5.41, 5.74) is 5.77. The number of β-lactam (4-membered cyclic amide) rings is 1. The zero-order valence-electron chi connectivity index (χ0n) is 30.3. The van der Waals surface area contributed by atoms with E-state index in [-0.39, 0.29) is 33.8 Å². The van der Waals surface area contributed by atoms with Gasteiger partial charge in [-0.25, -0.2) is 9.78 Å². The number of carboxylic acid groups (broad SMARTS) is 1. The highest BCUT2D eigenvalue weighted by molar-refractivity contribution is 8.01. The molecule has 5 aromatic rings. The van der Waals surface area contributed by atoms with Gasteiger partial charge in [0.15, 0.2) is 10.8 Å². The van der Waals surface area contributed by atoms with Gasteiger partial charge in [0.2, 0.25) is 10.8 Å². The number of carbonyl (C=O) groups is 4. The number of rotatable bonds is 15. The number of oxime groups is 1. The quantitative estimate of drug-likeness (QED) is 0.0255. The molecule has 0 spiro atoms. The van der Waals surface area contributed by atoms with Crippen molar-refractivity contribution in [1.29, 1.82) is 0 Å². The van der Waals surface area contributed by atoms with E-state index >= 15 is 0 Å². The summed E-state index contributed by atoms with van der Waals surface area (Å²) in [4.78, 5) is 64.7. The molecule has 0 radical (unpaired) electrons. The van der Waals surface area contributed by atoms with E-state index < -0.39 is 46.2 Å². The van der Waals surface area contributed by atoms with Gasteiger partial charge < -0.3 is 32.2 Å². The largest absolute Gasteiger partial charge is 0.477 e. The third-order valence-corrected chi connectivity index (χ3v) is 12.3. The van der Waals surface area contributed by atoms with Crippen LogP contribution in [0.2, 0.25) is 0 Å². The van der Waals surface area contributed by atoms with E-state index in [1.807, 2.05) is 91.0 Å². The summed E-state index contributed by atoms with van der Waals surface area (Å²) in [5, 5.41) is 33.0. The molecule has 1 saturated heterocycles. The molecule has 1 fully saturated rings. The molecule has 4 heterocycles. The molecule has 7 N–H and O–H groups in total. The number of aromatic nitrogens is 5. The zero-order chi connectivity index (χ0) is 40.3. The van der Waals surface area contributed by atoms with Crippen LogP contribution in [-0.4, -0.2) is 93.2 Å². The molecule has 2 aliphatic rings. The van der Waals surface area contributed by atoms with E-state index in [1.165, 1.54) is 36.9 Å². The summed E-state index contributed by atoms with van der Waals surface area (Å²) in [7, 11) is 0. The number of nitrogens with zero attached hydrogens (tertiary/aromatic N) is 7. The van der Waals surface area contributed by atoms with Crippen molar-refractivity contribution < 1.29 is 29.1 Å². The molecule has 292 valence electrons. The van der Waals surface area contributed by atoms with Crippen molar-refractivity contribution in [3.63, 3.8) is 0 Å². The Kier molecular flexibility index (Phi) is 11.0. The average Bonchev–Trinajstić information content (AvgIpc) is 3.86. The highest BCUT2D eigenvalue weighted by atomic mass is 32.2. The van der Waals surface area contributed by atoms with Crippen LogP contribution < -0.4 is 22.2 Å². The molecular weight excluding hydrogens is 791 g/mol. The van der Waals surface area contributed by atoms with Gasteiger partial charge in [-0.2, -0.15) is 0 Å². The van der Waals surface area contributed by atoms with Crippen LogP contribution in [0, 0.1) is 0 Å². The van der Waals surface area contributed by atoms with Crippen LogP contribution in [0.4, 0.5) is 5.13 Å². The predicted octanol–water partition coefficient (Wildman–Crippen LogP) is 2.76. The van der Waals surface area contributed by atoms with Gasteiger partial charge in [-0.15, -0.1) is 27.9 Å². The smallest absolute Gasteiger partial charge is 0.352 e. The maximum absolute atomic E-state index is 14.1. The van der Waals surface area contributed by atoms with Gasteiger partial charge in [-0.05, 0) is 46.5 Å². The number of nitrogens with one attached hydrogen (secondary N) is 2. The van der Waals surface area contributed by atoms with Crippen LogP contribution in [0.5, 0.6) is 0 Å². The minimum Gasteiger partial charge on any atom is -0.477 e. The van der Waals surface area contributed by atoms with E-state index in [4.69, 9.17) is 21.4 Å². The molecule has 2 aliphatic heterocycles. The van der Waals surface area contributed by atoms with Crippen LogP contribution in [0.3, 0.4) is 0 Å². The minimum atomic E-state index is -1.61. The lowest BCUT2D eigenvalue weighted by atomic mass is 9.77. The van der Waals surface area contributed by atoms with Crippen LogP contribution >= 0.6 is 34.9 Å². The molecule has 2 atom stereocenters. The first kappa shape index (κ1) is 39.0. The number of tetrazole rings is 1. The van der Waals surface area contributed by atoms with Crippen LogP contribution in [0.15, 0.2) is 118 Å². The van der Waals surface area contributed by atoms with Gasteiger partial charge in [-0.3, -0.25) is 19.3 Å². The van der Waals surface area contributed by atoms with Crippen molar-refractivity contribution in [2.24, 2.45) is 10.9 Å². The molecule has 3 amide bonds. The first-order valence-corrected chi connectivity index (χ1v) is 20.2. The van der Waals surface area contributed by atoms with E-state index in [9.17, 15) is 24.3 Å². The third kappa shape index (κ3) is 7.65. The molecule has 2 aromatic heterocycles. The number of aliphatic carboxylic acids is 1. The fraction of sp³-hybridized carbons (Fsp3) is 0.216. The number of anilines is 1. The lowest BCUT2D eigenvalue weighted by molar-refractivity contribution is -0.150. The molecule has 0 aliphatic carbocycles. The second-order valence-corrected chi connectivity index (χ2v) is 16.1. The van der Waals surface area contributed by atoms with Crippen LogP contribution in [-0.2, 0) is 29.6 Å². The number of hydrogen-bond acceptors (Lipinski definition) is 15. The molecule has 3 aromatic carbocycles. The Balaban J connectivity index is 1.19. The number of thiazole rings is 1. The average molecular weight is 826 g/mol. The number of primary amides is 1. The van der Waals surface area contributed by atoms with Crippen molar-refractivity contribution in [2.75, 3.05) is 22.7 Å². The van der Waals surface area contributed by atoms with Gasteiger partial charge in [0, 0.05) is 16.9 Å². The Bertz CT molecular complexity index is 2270. The summed E-state index contributed by atoms with van der Waals surface area (Å²) < 4.78 is 0. The Hall–Kier alpha value is -6.25. The number of carbonyl (C=O) groups excluding carboxylic acids is 3. The van der Waals surface area contributed by atoms with Crippen molar-refractivity contribution >= 4 is 69.4 Å². The molecule has 57 heavy (non-hydrogen) atoms. The summed E-state index contributed by atoms with van der Waals surface area (Å²) in [6.07, 6.45) is 0. The number of benzene rings is 3. The topological polar surface area (TPSA) is 246 Å². The van der Waals surface area contributed by atoms with Crippen molar-refractivity contribution in [3.05, 3.63) is 130 Å². The van der Waals surface area contributed by atoms with Crippen molar-refractivity contribution in [2.45, 2.75) is 41.6 Å². The monoisotopic (exact) mass is 825 g/mol. The third-order valence-electron chi connectivity index (χ3n) is 9.21. The van der Waals surface area contributed by atoms with E-state index in [1.54, 1.807) is 5.38 Å². The molecule has 17 nitrogen and oxygen atoms in total. The summed E-state index contributed by atoms with van der Waals surface area (Å²) >= 11 is 3.61. The fourth-order valence-electron chi connectivity index (χ4n) is 6.23. The fourth-order valence-corrected chi connectivity index (χ4v) is 9.26. The first-order valence-electron chi connectivity index (χ1n) is 17.2. The first-order chi connectivity index (χ1) is 27.4. The Morgan fingerprint density at radius 1 is 1.00 bits per heavy atom. The van der Waals surface area contributed by atoms with Gasteiger partial charge in [0.05, 0.1) is 0 Å². The van der Waals surface area contributed by atoms with Gasteiger partial charge >= 0.3 is 5.97 Å². The second-order valence-electron chi connectivity index (χ2n) is 13.2. The molecular formula is C37H35N11O6S3. The van der Waals surface area contributed by atoms with E-state index in [0.717, 1.165) is 38.1 Å². The number of nitrogens with two attached hydrogens (primary N) is 2. The highest BCUT2D eigenvalue weighted by Crippen LogP contribution is 2.43. The lowest BCUT2D eigenvalue weighted by Crippen LogP contribution is -2.71. The zero-order valence-corrected chi connectivity index (χ0v) is 32.8. The molecule has 0 saturated carbocycles. The number of carboxylic acids is 1. The van der Waals surface area contributed by atoms with Crippen LogP contribution in [0.25, 0.3) is 0 Å². The summed E-state index contributed by atoms with van der Waals surface area (Å²) in [6.45, 7) is 2.79. The Labute approximate surface area is 337 Å². The number of amides is 3. The van der Waals surface area contributed by atoms with Crippen molar-refractivity contribution in [1.82, 2.24) is 35.5 Å². The van der Waals surface area contributed by atoms with Gasteiger partial charge in [0.25, 0.3) is 17.7 Å². The maximum Gasteiger partial charge on any atom is 0.352 e. The number of fused-ring (bicyclic) bond motifs is 1. The molecule has 7 rings (SSSR count). The minimum absolute atomic E-state index is 0.0796. The number of thioether (sulfide) groups is 2. The number of hydrogen-bond donors (Lipinski definition) is 5. The number of nitrogen functional groups attached to an aromatic ring is 1. The highest BCUT2D eigenvalue weighted by Gasteiger charge is 2.54.